The maximum atomic E-state index is 8.72. The van der Waals surface area contributed by atoms with Crippen molar-refractivity contribution in [3.8, 4) is 5.75 Å². The summed E-state index contributed by atoms with van der Waals surface area (Å²) in [5.41, 5.74) is 2.30. The third-order valence-corrected chi connectivity index (χ3v) is 3.07. The summed E-state index contributed by atoms with van der Waals surface area (Å²) in [5.74, 6) is 1.36. The first-order valence-electron chi connectivity index (χ1n) is 6.73. The zero-order valence-electron chi connectivity index (χ0n) is 12.1. The van der Waals surface area contributed by atoms with Gasteiger partial charge in [-0.25, -0.2) is 4.98 Å². The molecule has 0 saturated carbocycles. The second-order valence-electron chi connectivity index (χ2n) is 4.46. The van der Waals surface area contributed by atoms with Crippen LogP contribution in [0, 0.1) is 0 Å². The average molecular weight is 317 g/mol. The number of pyridine rings is 1. The van der Waals surface area contributed by atoms with Crippen LogP contribution in [0.2, 0.25) is 0 Å². The minimum Gasteiger partial charge on any atom is -0.491 e. The van der Waals surface area contributed by atoms with Gasteiger partial charge in [-0.2, -0.15) is 0 Å². The van der Waals surface area contributed by atoms with Crippen molar-refractivity contribution in [3.63, 3.8) is 0 Å². The van der Waals surface area contributed by atoms with Crippen LogP contribution in [-0.2, 0) is 0 Å². The maximum Gasteiger partial charge on any atom is 0.131 e. The second-order valence-corrected chi connectivity index (χ2v) is 4.92. The van der Waals surface area contributed by atoms with Crippen molar-refractivity contribution >= 4 is 34.2 Å². The SMILES string of the molecule is C=Cc1ccc(Nc2ccc(OCCO)cc2)nc1C(=C)Cl. The first kappa shape index (κ1) is 16.1. The number of aliphatic hydroxyl groups excluding tert-OH is 1. The minimum atomic E-state index is -0.00926. The maximum absolute atomic E-state index is 8.72. The van der Waals surface area contributed by atoms with Gasteiger partial charge in [-0.15, -0.1) is 0 Å². The molecule has 1 aromatic heterocycles. The lowest BCUT2D eigenvalue weighted by Gasteiger charge is -2.10. The van der Waals surface area contributed by atoms with E-state index in [2.05, 4.69) is 23.5 Å². The molecule has 0 atom stereocenters. The van der Waals surface area contributed by atoms with Gasteiger partial charge in [0.1, 0.15) is 18.2 Å². The molecule has 4 nitrogen and oxygen atoms in total. The van der Waals surface area contributed by atoms with Gasteiger partial charge in [-0.3, -0.25) is 0 Å². The number of hydrogen-bond acceptors (Lipinski definition) is 4. The van der Waals surface area contributed by atoms with Crippen molar-refractivity contribution in [2.45, 2.75) is 0 Å². The van der Waals surface area contributed by atoms with Gasteiger partial charge in [-0.1, -0.05) is 30.8 Å². The summed E-state index contributed by atoms with van der Waals surface area (Å²) in [6.07, 6.45) is 1.69. The average Bonchev–Trinajstić information content (AvgIpc) is 2.54. The molecular weight excluding hydrogens is 300 g/mol. The Labute approximate surface area is 134 Å². The molecule has 0 radical (unpaired) electrons. The predicted molar refractivity (Wildman–Crippen MR) is 91.5 cm³/mol. The molecule has 0 amide bonds. The Morgan fingerprint density at radius 2 is 2.00 bits per heavy atom. The Kier molecular flexibility index (Phi) is 5.58. The molecule has 5 heteroatoms. The molecule has 0 bridgehead atoms. The second kappa shape index (κ2) is 7.64. The zero-order chi connectivity index (χ0) is 15.9. The molecule has 0 aliphatic heterocycles. The Morgan fingerprint density at radius 1 is 1.27 bits per heavy atom. The number of aromatic nitrogens is 1. The topological polar surface area (TPSA) is 54.4 Å². The number of anilines is 2. The summed E-state index contributed by atoms with van der Waals surface area (Å²) >= 11 is 5.96. The van der Waals surface area contributed by atoms with Crippen LogP contribution in [0.1, 0.15) is 11.3 Å². The zero-order valence-corrected chi connectivity index (χ0v) is 12.8. The number of halogens is 1. The van der Waals surface area contributed by atoms with Crippen LogP contribution < -0.4 is 10.1 Å². The van der Waals surface area contributed by atoms with E-state index in [9.17, 15) is 0 Å². The van der Waals surface area contributed by atoms with E-state index >= 15 is 0 Å². The van der Waals surface area contributed by atoms with Gasteiger partial charge in [0.15, 0.2) is 0 Å². The number of nitrogens with one attached hydrogen (secondary N) is 1. The number of ether oxygens (including phenoxy) is 1. The normalized spacial score (nSPS) is 10.1. The van der Waals surface area contributed by atoms with Crippen LogP contribution >= 0.6 is 11.6 Å². The predicted octanol–water partition coefficient (Wildman–Crippen LogP) is 4.05. The number of nitrogens with zero attached hydrogens (tertiary/aromatic N) is 1. The van der Waals surface area contributed by atoms with Crippen LogP contribution in [0.4, 0.5) is 11.5 Å². The van der Waals surface area contributed by atoms with Gasteiger partial charge >= 0.3 is 0 Å². The molecule has 1 aromatic carbocycles. The van der Waals surface area contributed by atoms with Crippen molar-refractivity contribution in [1.29, 1.82) is 0 Å². The fraction of sp³-hybridized carbons (Fsp3) is 0.118. The van der Waals surface area contributed by atoms with E-state index in [1.54, 1.807) is 6.08 Å². The van der Waals surface area contributed by atoms with Gasteiger partial charge in [-0.05, 0) is 36.4 Å². The molecule has 2 aromatic rings. The molecule has 0 fully saturated rings. The monoisotopic (exact) mass is 316 g/mol. The van der Waals surface area contributed by atoms with E-state index < -0.39 is 0 Å². The van der Waals surface area contributed by atoms with E-state index in [4.69, 9.17) is 21.4 Å². The summed E-state index contributed by atoms with van der Waals surface area (Å²) in [6.45, 7) is 7.71. The summed E-state index contributed by atoms with van der Waals surface area (Å²) in [5, 5.41) is 12.3. The highest BCUT2D eigenvalue weighted by Gasteiger charge is 2.06. The van der Waals surface area contributed by atoms with Crippen molar-refractivity contribution in [2.24, 2.45) is 0 Å². The van der Waals surface area contributed by atoms with Crippen molar-refractivity contribution in [1.82, 2.24) is 4.98 Å². The van der Waals surface area contributed by atoms with Crippen molar-refractivity contribution in [3.05, 3.63) is 60.8 Å². The lowest BCUT2D eigenvalue weighted by Crippen LogP contribution is -2.01. The number of rotatable bonds is 7. The molecule has 0 spiro atoms. The Morgan fingerprint density at radius 3 is 2.59 bits per heavy atom. The van der Waals surface area contributed by atoms with Crippen LogP contribution in [0.25, 0.3) is 11.1 Å². The van der Waals surface area contributed by atoms with Gasteiger partial charge in [0.25, 0.3) is 0 Å². The van der Waals surface area contributed by atoms with E-state index in [1.807, 2.05) is 36.4 Å². The third-order valence-electron chi connectivity index (χ3n) is 2.89. The summed E-state index contributed by atoms with van der Waals surface area (Å²) in [7, 11) is 0. The summed E-state index contributed by atoms with van der Waals surface area (Å²) < 4.78 is 5.31. The number of aliphatic hydroxyl groups is 1. The Hall–Kier alpha value is -2.30. The molecule has 22 heavy (non-hydrogen) atoms. The minimum absolute atomic E-state index is 0.00926. The van der Waals surface area contributed by atoms with E-state index in [0.717, 1.165) is 11.3 Å². The van der Waals surface area contributed by atoms with E-state index in [-0.39, 0.29) is 13.2 Å². The highest BCUT2D eigenvalue weighted by molar-refractivity contribution is 6.48. The first-order chi connectivity index (χ1) is 10.6. The van der Waals surface area contributed by atoms with Crippen LogP contribution in [-0.4, -0.2) is 23.3 Å². The number of hydrogen-bond donors (Lipinski definition) is 2. The molecule has 114 valence electrons. The Balaban J connectivity index is 2.15. The smallest absolute Gasteiger partial charge is 0.131 e. The van der Waals surface area contributed by atoms with Crippen LogP contribution in [0.5, 0.6) is 5.75 Å². The largest absolute Gasteiger partial charge is 0.491 e. The quantitative estimate of drug-likeness (QED) is 0.809. The highest BCUT2D eigenvalue weighted by Crippen LogP contribution is 2.24. The summed E-state index contributed by atoms with van der Waals surface area (Å²) in [4.78, 5) is 4.43. The number of benzene rings is 1. The molecule has 2 N–H and O–H groups in total. The highest BCUT2D eigenvalue weighted by atomic mass is 35.5. The fourth-order valence-corrected chi connectivity index (χ4v) is 2.02. The first-order valence-corrected chi connectivity index (χ1v) is 7.11. The molecule has 0 unspecified atom stereocenters. The molecule has 1 heterocycles. The molecule has 2 rings (SSSR count). The van der Waals surface area contributed by atoms with Crippen LogP contribution in [0.15, 0.2) is 49.6 Å². The lowest BCUT2D eigenvalue weighted by atomic mass is 10.2. The summed E-state index contributed by atoms with van der Waals surface area (Å²) in [6, 6.07) is 11.1. The lowest BCUT2D eigenvalue weighted by molar-refractivity contribution is 0.201. The van der Waals surface area contributed by atoms with Gasteiger partial charge in [0.2, 0.25) is 0 Å². The molecular formula is C17H17ClN2O2. The van der Waals surface area contributed by atoms with Crippen molar-refractivity contribution in [2.75, 3.05) is 18.5 Å². The molecule has 0 aliphatic carbocycles. The molecule has 0 aliphatic rings. The van der Waals surface area contributed by atoms with Gasteiger partial charge in [0, 0.05) is 11.3 Å². The fourth-order valence-electron chi connectivity index (χ4n) is 1.87. The van der Waals surface area contributed by atoms with Crippen molar-refractivity contribution < 1.29 is 9.84 Å². The molecule has 0 saturated heterocycles. The van der Waals surface area contributed by atoms with Gasteiger partial charge < -0.3 is 15.2 Å². The standard InChI is InChI=1S/C17H17ClN2O2/c1-3-13-4-9-16(20-17(13)12(2)18)19-14-5-7-15(8-6-14)22-11-10-21/h3-9,21H,1-2,10-11H2,(H,19,20). The van der Waals surface area contributed by atoms with E-state index in [0.29, 0.717) is 22.3 Å². The van der Waals surface area contributed by atoms with Gasteiger partial charge in [0.05, 0.1) is 17.3 Å². The van der Waals surface area contributed by atoms with Crippen LogP contribution in [0.3, 0.4) is 0 Å². The van der Waals surface area contributed by atoms with E-state index in [1.165, 1.54) is 0 Å². The Bertz CT molecular complexity index is 669. The third kappa shape index (κ3) is 4.10.